The summed E-state index contributed by atoms with van der Waals surface area (Å²) in [5.74, 6) is 0.581. The number of para-hydroxylation sites is 1. The van der Waals surface area contributed by atoms with E-state index in [1.165, 1.54) is 0 Å². The van der Waals surface area contributed by atoms with Crippen LogP contribution in [0.25, 0.3) is 22.0 Å². The van der Waals surface area contributed by atoms with E-state index < -0.39 is 10.0 Å². The molecule has 1 aliphatic heterocycles. The summed E-state index contributed by atoms with van der Waals surface area (Å²) in [6.07, 6.45) is 1.78. The monoisotopic (exact) mass is 530 g/mol. The van der Waals surface area contributed by atoms with E-state index in [0.717, 1.165) is 46.5 Å². The lowest BCUT2D eigenvalue weighted by Crippen LogP contribution is -2.48. The number of benzene rings is 3. The first-order valence-electron chi connectivity index (χ1n) is 12.6. The number of sulfonamides is 1. The third kappa shape index (κ3) is 5.46. The molecule has 0 bridgehead atoms. The average Bonchev–Trinajstić information content (AvgIpc) is 2.93. The van der Waals surface area contributed by atoms with E-state index in [-0.39, 0.29) is 10.8 Å². The zero-order valence-corrected chi connectivity index (χ0v) is 22.2. The van der Waals surface area contributed by atoms with E-state index in [2.05, 4.69) is 32.1 Å². The summed E-state index contributed by atoms with van der Waals surface area (Å²) >= 11 is 0. The number of piperazine rings is 1. The number of nitrogens with zero attached hydrogens (tertiary/aromatic N) is 4. The summed E-state index contributed by atoms with van der Waals surface area (Å²) in [6, 6.07) is 20.7. The summed E-state index contributed by atoms with van der Waals surface area (Å²) < 4.78 is 27.2. The van der Waals surface area contributed by atoms with Gasteiger partial charge in [0.2, 0.25) is 21.9 Å². The molecule has 2 N–H and O–H groups in total. The van der Waals surface area contributed by atoms with Crippen LogP contribution in [0.2, 0.25) is 0 Å². The van der Waals surface area contributed by atoms with Crippen LogP contribution in [0.1, 0.15) is 13.8 Å². The predicted octanol–water partition coefficient (Wildman–Crippen LogP) is 4.01. The molecular weight excluding hydrogens is 500 g/mol. The normalized spacial score (nSPS) is 14.1. The summed E-state index contributed by atoms with van der Waals surface area (Å²) in [6.45, 7) is 6.69. The number of aromatic nitrogens is 2. The van der Waals surface area contributed by atoms with E-state index >= 15 is 0 Å². The van der Waals surface area contributed by atoms with Crippen LogP contribution in [0.15, 0.2) is 77.8 Å². The molecule has 3 aromatic carbocycles. The van der Waals surface area contributed by atoms with Crippen molar-refractivity contribution < 1.29 is 13.2 Å². The Labute approximate surface area is 222 Å². The fourth-order valence-electron chi connectivity index (χ4n) is 4.62. The first-order valence-corrected chi connectivity index (χ1v) is 14.1. The van der Waals surface area contributed by atoms with Gasteiger partial charge in [-0.15, -0.1) is 0 Å². The van der Waals surface area contributed by atoms with Crippen molar-refractivity contribution in [3.05, 3.63) is 72.9 Å². The first-order chi connectivity index (χ1) is 18.3. The Morgan fingerprint density at radius 2 is 1.71 bits per heavy atom. The highest BCUT2D eigenvalue weighted by Gasteiger charge is 2.19. The molecule has 0 unspecified atom stereocenters. The molecule has 1 aliphatic rings. The van der Waals surface area contributed by atoms with Gasteiger partial charge in [-0.2, -0.15) is 0 Å². The summed E-state index contributed by atoms with van der Waals surface area (Å²) in [7, 11) is -3.52. The molecule has 1 saturated heterocycles. The van der Waals surface area contributed by atoms with Crippen LogP contribution in [0.3, 0.4) is 0 Å². The molecule has 1 amide bonds. The summed E-state index contributed by atoms with van der Waals surface area (Å²) in [5, 5.41) is 4.21. The first kappa shape index (κ1) is 25.6. The van der Waals surface area contributed by atoms with Gasteiger partial charge in [0, 0.05) is 68.2 Å². The molecule has 0 aliphatic carbocycles. The van der Waals surface area contributed by atoms with E-state index in [1.54, 1.807) is 44.3 Å². The Balaban J connectivity index is 1.39. The Bertz CT molecular complexity index is 1570. The summed E-state index contributed by atoms with van der Waals surface area (Å²) in [4.78, 5) is 25.3. The maximum absolute atomic E-state index is 12.3. The Kier molecular flexibility index (Phi) is 7.26. The smallest absolute Gasteiger partial charge is 0.240 e. The maximum Gasteiger partial charge on any atom is 0.240 e. The van der Waals surface area contributed by atoms with Crippen molar-refractivity contribution in [3.8, 4) is 11.1 Å². The van der Waals surface area contributed by atoms with Crippen LogP contribution in [0, 0.1) is 0 Å². The second-order valence-corrected chi connectivity index (χ2v) is 10.9. The van der Waals surface area contributed by atoms with E-state index in [9.17, 15) is 13.2 Å². The second kappa shape index (κ2) is 10.8. The van der Waals surface area contributed by atoms with Gasteiger partial charge in [0.25, 0.3) is 0 Å². The van der Waals surface area contributed by atoms with Crippen molar-refractivity contribution in [1.29, 1.82) is 0 Å². The number of hydrogen-bond acceptors (Lipinski definition) is 7. The van der Waals surface area contributed by atoms with Crippen LogP contribution in [-0.4, -0.2) is 61.9 Å². The van der Waals surface area contributed by atoms with Gasteiger partial charge in [-0.1, -0.05) is 43.3 Å². The summed E-state index contributed by atoms with van der Waals surface area (Å²) in [5.41, 5.74) is 4.46. The fraction of sp³-hybridized carbons (Fsp3) is 0.250. The molecule has 2 heterocycles. The van der Waals surface area contributed by atoms with Gasteiger partial charge in [-0.3, -0.25) is 4.79 Å². The van der Waals surface area contributed by atoms with E-state index in [4.69, 9.17) is 4.98 Å². The van der Waals surface area contributed by atoms with Crippen molar-refractivity contribution in [1.82, 2.24) is 19.6 Å². The van der Waals surface area contributed by atoms with Crippen molar-refractivity contribution in [3.63, 3.8) is 0 Å². The predicted molar refractivity (Wildman–Crippen MR) is 150 cm³/mol. The molecule has 1 fully saturated rings. The van der Waals surface area contributed by atoms with Gasteiger partial charge in [0.15, 0.2) is 0 Å². The van der Waals surface area contributed by atoms with Gasteiger partial charge in [0.05, 0.1) is 10.4 Å². The molecule has 0 saturated carbocycles. The molecule has 1 aromatic heterocycles. The molecule has 38 heavy (non-hydrogen) atoms. The zero-order chi connectivity index (χ0) is 26.7. The van der Waals surface area contributed by atoms with E-state index in [0.29, 0.717) is 25.6 Å². The highest BCUT2D eigenvalue weighted by Crippen LogP contribution is 2.29. The topological polar surface area (TPSA) is 108 Å². The maximum atomic E-state index is 12.3. The Morgan fingerprint density at radius 3 is 2.42 bits per heavy atom. The zero-order valence-electron chi connectivity index (χ0n) is 21.4. The van der Waals surface area contributed by atoms with Gasteiger partial charge in [-0.05, 0) is 35.9 Å². The number of fused-ring (bicyclic) bond motifs is 1. The minimum absolute atomic E-state index is 0.113. The average molecular weight is 531 g/mol. The van der Waals surface area contributed by atoms with Gasteiger partial charge in [-0.25, -0.2) is 23.1 Å². The van der Waals surface area contributed by atoms with Crippen LogP contribution in [-0.2, 0) is 14.8 Å². The molecular formula is C28H30N6O3S. The molecule has 196 valence electrons. The van der Waals surface area contributed by atoms with Crippen LogP contribution in [0.5, 0.6) is 0 Å². The number of carbonyl (C=O) groups is 1. The van der Waals surface area contributed by atoms with Gasteiger partial charge in [0.1, 0.15) is 0 Å². The number of hydrogen-bond donors (Lipinski definition) is 2. The third-order valence-electron chi connectivity index (χ3n) is 6.61. The lowest BCUT2D eigenvalue weighted by molar-refractivity contribution is -0.129. The van der Waals surface area contributed by atoms with Crippen molar-refractivity contribution in [2.75, 3.05) is 42.9 Å². The van der Waals surface area contributed by atoms with E-state index in [1.807, 2.05) is 35.2 Å². The quantitative estimate of drug-likeness (QED) is 0.372. The molecule has 4 aromatic rings. The molecule has 0 spiro atoms. The molecule has 5 rings (SSSR count). The second-order valence-electron chi connectivity index (χ2n) is 9.13. The van der Waals surface area contributed by atoms with Crippen molar-refractivity contribution >= 4 is 44.2 Å². The van der Waals surface area contributed by atoms with Gasteiger partial charge < -0.3 is 15.1 Å². The number of amides is 1. The Hall–Kier alpha value is -4.02. The van der Waals surface area contributed by atoms with Crippen LogP contribution < -0.4 is 14.9 Å². The minimum Gasteiger partial charge on any atom is -0.368 e. The number of carbonyl (C=O) groups excluding carboxylic acids is 1. The Morgan fingerprint density at radius 1 is 0.974 bits per heavy atom. The minimum atomic E-state index is -3.52. The SMILES string of the molecule is CCNS(=O)(=O)c1ccc(-c2cccc3cnc(Nc4cccc(N5CCN(C(C)=O)CC5)c4)nc23)cc1. The molecule has 0 atom stereocenters. The highest BCUT2D eigenvalue weighted by molar-refractivity contribution is 7.89. The van der Waals surface area contributed by atoms with Gasteiger partial charge >= 0.3 is 0 Å². The lowest BCUT2D eigenvalue weighted by Gasteiger charge is -2.35. The number of nitrogens with one attached hydrogen (secondary N) is 2. The number of rotatable bonds is 7. The van der Waals surface area contributed by atoms with Crippen molar-refractivity contribution in [2.24, 2.45) is 0 Å². The largest absolute Gasteiger partial charge is 0.368 e. The standard InChI is InChI=1S/C28H30N6O3S/c1-3-30-38(36,37)25-12-10-21(11-13-25)26-9-4-6-22-19-29-28(32-27(22)26)31-23-7-5-8-24(18-23)34-16-14-33(15-17-34)20(2)35/h4-13,18-19,30H,3,14-17H2,1-2H3,(H,29,31,32). The fourth-order valence-corrected chi connectivity index (χ4v) is 5.67. The number of anilines is 3. The molecule has 9 nitrogen and oxygen atoms in total. The van der Waals surface area contributed by atoms with Crippen LogP contribution >= 0.6 is 0 Å². The third-order valence-corrected chi connectivity index (χ3v) is 8.17. The van der Waals surface area contributed by atoms with Crippen molar-refractivity contribution in [2.45, 2.75) is 18.7 Å². The highest BCUT2D eigenvalue weighted by atomic mass is 32.2. The lowest BCUT2D eigenvalue weighted by atomic mass is 10.0. The molecule has 10 heteroatoms. The molecule has 0 radical (unpaired) electrons. The van der Waals surface area contributed by atoms with Crippen LogP contribution in [0.4, 0.5) is 17.3 Å².